The Morgan fingerprint density at radius 1 is 1.07 bits per heavy atom. The number of hydrogen-bond donors (Lipinski definition) is 1. The second-order valence-corrected chi connectivity index (χ2v) is 10.2. The summed E-state index contributed by atoms with van der Waals surface area (Å²) in [7, 11) is 1.66. The maximum Gasteiger partial charge on any atom is 0.242 e. The van der Waals surface area contributed by atoms with Crippen LogP contribution in [-0.4, -0.2) is 43.0 Å². The van der Waals surface area contributed by atoms with Crippen LogP contribution in [-0.2, 0) is 16.0 Å². The molecule has 2 amide bonds. The normalized spacial score (nSPS) is 34.2. The van der Waals surface area contributed by atoms with Crippen molar-refractivity contribution in [2.45, 2.75) is 63.8 Å². The highest BCUT2D eigenvalue weighted by molar-refractivity contribution is 5.91. The second kappa shape index (κ2) is 7.90. The standard InChI is InChI=1S/C25H34N2O3/c1-30-21-6-4-17(5-7-21)8-9-26-23(28)22-3-2-10-27(22)24(29)25-14-18-11-19(15-25)13-20(12-18)16-25/h4-7,18-20,22H,2-3,8-16H2,1H3,(H,26,28). The molecule has 1 aromatic rings. The number of nitrogens with zero attached hydrogens (tertiary/aromatic N) is 1. The van der Waals surface area contributed by atoms with Crippen molar-refractivity contribution in [3.8, 4) is 5.75 Å². The third-order valence-corrected chi connectivity index (χ3v) is 8.18. The van der Waals surface area contributed by atoms with Crippen molar-refractivity contribution in [3.05, 3.63) is 29.8 Å². The molecule has 5 nitrogen and oxygen atoms in total. The van der Waals surface area contributed by atoms with Gasteiger partial charge in [0.2, 0.25) is 11.8 Å². The minimum Gasteiger partial charge on any atom is -0.497 e. The Morgan fingerprint density at radius 3 is 2.30 bits per heavy atom. The van der Waals surface area contributed by atoms with Crippen LogP contribution < -0.4 is 10.1 Å². The molecular formula is C25H34N2O3. The number of nitrogens with one attached hydrogen (secondary N) is 1. The lowest BCUT2D eigenvalue weighted by atomic mass is 9.49. The first-order chi connectivity index (χ1) is 14.6. The first-order valence-corrected chi connectivity index (χ1v) is 11.8. The molecule has 0 aromatic heterocycles. The van der Waals surface area contributed by atoms with Crippen LogP contribution in [0.3, 0.4) is 0 Å². The van der Waals surface area contributed by atoms with Crippen molar-refractivity contribution in [1.29, 1.82) is 0 Å². The molecule has 1 heterocycles. The number of carbonyl (C=O) groups is 2. The molecule has 1 aliphatic heterocycles. The Kier molecular flexibility index (Phi) is 5.24. The SMILES string of the molecule is COc1ccc(CCNC(=O)C2CCCN2C(=O)C23CC4CC(CC(C4)C2)C3)cc1. The number of benzene rings is 1. The van der Waals surface area contributed by atoms with Crippen LogP contribution in [0.4, 0.5) is 0 Å². The summed E-state index contributed by atoms with van der Waals surface area (Å²) < 4.78 is 5.19. The zero-order valence-electron chi connectivity index (χ0n) is 18.1. The molecule has 5 aliphatic rings. The predicted molar refractivity (Wildman–Crippen MR) is 115 cm³/mol. The molecule has 30 heavy (non-hydrogen) atoms. The quantitative estimate of drug-likeness (QED) is 0.780. The number of ether oxygens (including phenoxy) is 1. The van der Waals surface area contributed by atoms with E-state index in [-0.39, 0.29) is 17.4 Å². The number of amides is 2. The van der Waals surface area contributed by atoms with Gasteiger partial charge in [-0.25, -0.2) is 0 Å². The van der Waals surface area contributed by atoms with Gasteiger partial charge in [0, 0.05) is 13.1 Å². The molecule has 1 N–H and O–H groups in total. The van der Waals surface area contributed by atoms with Crippen molar-refractivity contribution in [3.63, 3.8) is 0 Å². The Balaban J connectivity index is 1.19. The van der Waals surface area contributed by atoms with Crippen LogP contribution in [0, 0.1) is 23.2 Å². The van der Waals surface area contributed by atoms with E-state index in [9.17, 15) is 9.59 Å². The molecule has 0 spiro atoms. The molecule has 5 heteroatoms. The fraction of sp³-hybridized carbons (Fsp3) is 0.680. The number of hydrogen-bond acceptors (Lipinski definition) is 3. The van der Waals surface area contributed by atoms with Gasteiger partial charge < -0.3 is 15.0 Å². The van der Waals surface area contributed by atoms with Gasteiger partial charge in [0.25, 0.3) is 0 Å². The van der Waals surface area contributed by atoms with E-state index in [4.69, 9.17) is 4.74 Å². The zero-order valence-corrected chi connectivity index (χ0v) is 18.1. The molecular weight excluding hydrogens is 376 g/mol. The summed E-state index contributed by atoms with van der Waals surface area (Å²) in [5.41, 5.74) is 1.02. The fourth-order valence-electron chi connectivity index (χ4n) is 7.20. The van der Waals surface area contributed by atoms with Gasteiger partial charge in [-0.15, -0.1) is 0 Å². The minimum absolute atomic E-state index is 0.0269. The van der Waals surface area contributed by atoms with Crippen molar-refractivity contribution in [2.24, 2.45) is 23.2 Å². The van der Waals surface area contributed by atoms with Crippen LogP contribution in [0.1, 0.15) is 56.9 Å². The van der Waals surface area contributed by atoms with E-state index in [1.165, 1.54) is 24.8 Å². The van der Waals surface area contributed by atoms with Gasteiger partial charge in [-0.05, 0) is 93.2 Å². The van der Waals surface area contributed by atoms with Gasteiger partial charge in [-0.2, -0.15) is 0 Å². The number of likely N-dealkylation sites (tertiary alicyclic amines) is 1. The summed E-state index contributed by atoms with van der Waals surface area (Å²) in [5, 5.41) is 3.10. The molecule has 1 saturated heterocycles. The van der Waals surface area contributed by atoms with Gasteiger partial charge >= 0.3 is 0 Å². The van der Waals surface area contributed by atoms with E-state index < -0.39 is 0 Å². The lowest BCUT2D eigenvalue weighted by molar-refractivity contribution is -0.160. The van der Waals surface area contributed by atoms with E-state index in [1.54, 1.807) is 7.11 Å². The summed E-state index contributed by atoms with van der Waals surface area (Å²) >= 11 is 0. The number of rotatable bonds is 6. The maximum absolute atomic E-state index is 13.7. The number of carbonyl (C=O) groups excluding carboxylic acids is 2. The van der Waals surface area contributed by atoms with Gasteiger partial charge in [0.15, 0.2) is 0 Å². The highest BCUT2D eigenvalue weighted by Gasteiger charge is 2.56. The topological polar surface area (TPSA) is 58.6 Å². The fourth-order valence-corrected chi connectivity index (χ4v) is 7.20. The average molecular weight is 411 g/mol. The maximum atomic E-state index is 13.7. The molecule has 4 aliphatic carbocycles. The Morgan fingerprint density at radius 2 is 1.70 bits per heavy atom. The smallest absolute Gasteiger partial charge is 0.242 e. The number of methoxy groups -OCH3 is 1. The van der Waals surface area contributed by atoms with E-state index in [2.05, 4.69) is 5.32 Å². The minimum atomic E-state index is -0.277. The van der Waals surface area contributed by atoms with Crippen LogP contribution in [0.2, 0.25) is 0 Å². The summed E-state index contributed by atoms with van der Waals surface area (Å²) in [6, 6.07) is 7.67. The first-order valence-electron chi connectivity index (χ1n) is 11.8. The molecule has 1 unspecified atom stereocenters. The van der Waals surface area contributed by atoms with Crippen molar-refractivity contribution in [2.75, 3.05) is 20.2 Å². The Hall–Kier alpha value is -2.04. The van der Waals surface area contributed by atoms with Gasteiger partial charge in [0.1, 0.15) is 11.8 Å². The molecule has 162 valence electrons. The molecule has 1 aromatic carbocycles. The molecule has 0 radical (unpaired) electrons. The largest absolute Gasteiger partial charge is 0.497 e. The molecule has 5 fully saturated rings. The van der Waals surface area contributed by atoms with Crippen molar-refractivity contribution in [1.82, 2.24) is 10.2 Å². The average Bonchev–Trinajstić information content (AvgIpc) is 3.22. The van der Waals surface area contributed by atoms with Gasteiger partial charge in [-0.1, -0.05) is 12.1 Å². The van der Waals surface area contributed by atoms with E-state index in [1.807, 2.05) is 29.2 Å². The molecule has 6 rings (SSSR count). The van der Waals surface area contributed by atoms with E-state index >= 15 is 0 Å². The molecule has 1 atom stereocenters. The second-order valence-electron chi connectivity index (χ2n) is 10.2. The summed E-state index contributed by atoms with van der Waals surface area (Å²) in [6.07, 6.45) is 9.73. The summed E-state index contributed by atoms with van der Waals surface area (Å²) in [4.78, 5) is 28.6. The lowest BCUT2D eigenvalue weighted by Crippen LogP contribution is -2.57. The lowest BCUT2D eigenvalue weighted by Gasteiger charge is -2.56. The summed E-state index contributed by atoms with van der Waals surface area (Å²) in [5.74, 6) is 3.42. The van der Waals surface area contributed by atoms with E-state index in [0.717, 1.165) is 68.6 Å². The Bertz CT molecular complexity index is 768. The predicted octanol–water partition coefficient (Wildman–Crippen LogP) is 3.56. The Labute approximate surface area is 179 Å². The zero-order chi connectivity index (χ0) is 20.7. The first kappa shape index (κ1) is 19.9. The highest BCUT2D eigenvalue weighted by atomic mass is 16.5. The summed E-state index contributed by atoms with van der Waals surface area (Å²) in [6.45, 7) is 1.35. The monoisotopic (exact) mass is 410 g/mol. The van der Waals surface area contributed by atoms with E-state index in [0.29, 0.717) is 12.5 Å². The van der Waals surface area contributed by atoms with Crippen LogP contribution in [0.5, 0.6) is 5.75 Å². The third-order valence-electron chi connectivity index (χ3n) is 8.18. The van der Waals surface area contributed by atoms with Crippen LogP contribution in [0.15, 0.2) is 24.3 Å². The highest BCUT2D eigenvalue weighted by Crippen LogP contribution is 2.60. The van der Waals surface area contributed by atoms with Crippen molar-refractivity contribution < 1.29 is 14.3 Å². The van der Waals surface area contributed by atoms with Crippen molar-refractivity contribution >= 4 is 11.8 Å². The van der Waals surface area contributed by atoms with Gasteiger partial charge in [0.05, 0.1) is 12.5 Å². The van der Waals surface area contributed by atoms with Crippen LogP contribution >= 0.6 is 0 Å². The molecule has 4 saturated carbocycles. The van der Waals surface area contributed by atoms with Crippen LogP contribution in [0.25, 0.3) is 0 Å². The third kappa shape index (κ3) is 3.61. The van der Waals surface area contributed by atoms with Gasteiger partial charge in [-0.3, -0.25) is 9.59 Å². The molecule has 4 bridgehead atoms.